The van der Waals surface area contributed by atoms with Crippen LogP contribution >= 0.6 is 0 Å². The summed E-state index contributed by atoms with van der Waals surface area (Å²) in [4.78, 5) is 2.07. The molecule has 0 saturated carbocycles. The Morgan fingerprint density at radius 1 is 1.25 bits per heavy atom. The Labute approximate surface area is 98.4 Å². The summed E-state index contributed by atoms with van der Waals surface area (Å²) in [7, 11) is 4.06. The van der Waals surface area contributed by atoms with E-state index in [-0.39, 0.29) is 0 Å². The summed E-state index contributed by atoms with van der Waals surface area (Å²) in [5.41, 5.74) is 1.17. The highest BCUT2D eigenvalue weighted by molar-refractivity contribution is 5.49. The summed E-state index contributed by atoms with van der Waals surface area (Å²) >= 11 is 0. The standard InChI is InChI=1S/C13H22N2O/c1-4-8-14-9-10-16-13-7-5-6-12(11-13)15(2)3/h5-7,11,14H,4,8-10H2,1-3H3. The maximum absolute atomic E-state index is 5.65. The minimum atomic E-state index is 0.719. The minimum Gasteiger partial charge on any atom is -0.492 e. The van der Waals surface area contributed by atoms with Crippen LogP contribution in [0.4, 0.5) is 5.69 Å². The van der Waals surface area contributed by atoms with Crippen molar-refractivity contribution in [3.63, 3.8) is 0 Å². The lowest BCUT2D eigenvalue weighted by Crippen LogP contribution is -2.21. The molecule has 0 heterocycles. The third-order valence-corrected chi connectivity index (χ3v) is 2.31. The SMILES string of the molecule is CCCNCCOc1cccc(N(C)C)c1. The lowest BCUT2D eigenvalue weighted by Gasteiger charge is -2.14. The van der Waals surface area contributed by atoms with E-state index in [0.29, 0.717) is 0 Å². The second-order valence-corrected chi connectivity index (χ2v) is 3.99. The molecule has 0 bridgehead atoms. The summed E-state index contributed by atoms with van der Waals surface area (Å²) in [5, 5.41) is 3.31. The molecule has 0 aliphatic heterocycles. The van der Waals surface area contributed by atoms with E-state index in [4.69, 9.17) is 4.74 Å². The fourth-order valence-electron chi connectivity index (χ4n) is 1.39. The molecule has 0 unspecified atom stereocenters. The molecular weight excluding hydrogens is 200 g/mol. The maximum Gasteiger partial charge on any atom is 0.121 e. The van der Waals surface area contributed by atoms with Gasteiger partial charge in [-0.3, -0.25) is 0 Å². The summed E-state index contributed by atoms with van der Waals surface area (Å²) < 4.78 is 5.65. The van der Waals surface area contributed by atoms with E-state index in [1.807, 2.05) is 26.2 Å². The molecule has 0 spiro atoms. The van der Waals surface area contributed by atoms with Crippen molar-refractivity contribution in [2.45, 2.75) is 13.3 Å². The van der Waals surface area contributed by atoms with Gasteiger partial charge in [-0.1, -0.05) is 13.0 Å². The van der Waals surface area contributed by atoms with Crippen LogP contribution in [0.25, 0.3) is 0 Å². The Kier molecular flexibility index (Phi) is 5.72. The van der Waals surface area contributed by atoms with E-state index in [9.17, 15) is 0 Å². The highest BCUT2D eigenvalue weighted by Crippen LogP contribution is 2.18. The highest BCUT2D eigenvalue weighted by atomic mass is 16.5. The van der Waals surface area contributed by atoms with Crippen molar-refractivity contribution < 1.29 is 4.74 Å². The van der Waals surface area contributed by atoms with Gasteiger partial charge in [0.1, 0.15) is 12.4 Å². The van der Waals surface area contributed by atoms with E-state index in [2.05, 4.69) is 29.3 Å². The van der Waals surface area contributed by atoms with Gasteiger partial charge >= 0.3 is 0 Å². The Bertz CT molecular complexity index is 300. The monoisotopic (exact) mass is 222 g/mol. The summed E-state index contributed by atoms with van der Waals surface area (Å²) in [6, 6.07) is 8.14. The maximum atomic E-state index is 5.65. The minimum absolute atomic E-state index is 0.719. The van der Waals surface area contributed by atoms with Gasteiger partial charge < -0.3 is 15.0 Å². The summed E-state index contributed by atoms with van der Waals surface area (Å²) in [5.74, 6) is 0.935. The van der Waals surface area contributed by atoms with Crippen molar-refractivity contribution in [1.82, 2.24) is 5.32 Å². The first-order valence-electron chi connectivity index (χ1n) is 5.85. The van der Waals surface area contributed by atoms with Gasteiger partial charge in [0.2, 0.25) is 0 Å². The number of nitrogens with one attached hydrogen (secondary N) is 1. The van der Waals surface area contributed by atoms with Crippen LogP contribution in [0.1, 0.15) is 13.3 Å². The first kappa shape index (κ1) is 12.8. The van der Waals surface area contributed by atoms with Crippen molar-refractivity contribution in [2.75, 3.05) is 38.7 Å². The van der Waals surface area contributed by atoms with Crippen molar-refractivity contribution in [2.24, 2.45) is 0 Å². The quantitative estimate of drug-likeness (QED) is 0.715. The van der Waals surface area contributed by atoms with Crippen LogP contribution < -0.4 is 15.0 Å². The first-order valence-corrected chi connectivity index (χ1v) is 5.85. The molecule has 0 aliphatic rings. The molecule has 1 aromatic carbocycles. The molecule has 0 aliphatic carbocycles. The van der Waals surface area contributed by atoms with Crippen molar-refractivity contribution in [3.8, 4) is 5.75 Å². The predicted octanol–water partition coefficient (Wildman–Crippen LogP) is 2.13. The third kappa shape index (κ3) is 4.53. The van der Waals surface area contributed by atoms with E-state index >= 15 is 0 Å². The first-order chi connectivity index (χ1) is 7.74. The Balaban J connectivity index is 2.33. The van der Waals surface area contributed by atoms with Gasteiger partial charge in [0, 0.05) is 32.4 Å². The average molecular weight is 222 g/mol. The molecule has 90 valence electrons. The van der Waals surface area contributed by atoms with Gasteiger partial charge in [-0.05, 0) is 25.1 Å². The van der Waals surface area contributed by atoms with Gasteiger partial charge in [-0.25, -0.2) is 0 Å². The summed E-state index contributed by atoms with van der Waals surface area (Å²) in [6.45, 7) is 4.84. The molecule has 0 amide bonds. The van der Waals surface area contributed by atoms with Crippen LogP contribution in [0.5, 0.6) is 5.75 Å². The van der Waals surface area contributed by atoms with Crippen molar-refractivity contribution in [1.29, 1.82) is 0 Å². The number of ether oxygens (including phenoxy) is 1. The van der Waals surface area contributed by atoms with Crippen LogP contribution in [0.2, 0.25) is 0 Å². The number of hydrogen-bond acceptors (Lipinski definition) is 3. The molecule has 16 heavy (non-hydrogen) atoms. The molecule has 0 saturated heterocycles. The number of anilines is 1. The van der Waals surface area contributed by atoms with Gasteiger partial charge in [0.05, 0.1) is 0 Å². The molecule has 1 N–H and O–H groups in total. The van der Waals surface area contributed by atoms with Gasteiger partial charge in [-0.15, -0.1) is 0 Å². The summed E-state index contributed by atoms with van der Waals surface area (Å²) in [6.07, 6.45) is 1.16. The van der Waals surface area contributed by atoms with Crippen LogP contribution in [0.15, 0.2) is 24.3 Å². The Morgan fingerprint density at radius 3 is 2.75 bits per heavy atom. The fourth-order valence-corrected chi connectivity index (χ4v) is 1.39. The second-order valence-electron chi connectivity index (χ2n) is 3.99. The molecule has 1 aromatic rings. The molecule has 0 atom stereocenters. The lowest BCUT2D eigenvalue weighted by atomic mass is 10.3. The molecule has 0 aromatic heterocycles. The van der Waals surface area contributed by atoms with Crippen LogP contribution in [0, 0.1) is 0 Å². The van der Waals surface area contributed by atoms with Crippen LogP contribution in [0.3, 0.4) is 0 Å². The zero-order chi connectivity index (χ0) is 11.8. The van der Waals surface area contributed by atoms with E-state index < -0.39 is 0 Å². The van der Waals surface area contributed by atoms with Crippen molar-refractivity contribution >= 4 is 5.69 Å². The third-order valence-electron chi connectivity index (χ3n) is 2.31. The largest absolute Gasteiger partial charge is 0.492 e. The molecular formula is C13H22N2O. The van der Waals surface area contributed by atoms with E-state index in [1.54, 1.807) is 0 Å². The zero-order valence-corrected chi connectivity index (χ0v) is 10.5. The number of nitrogens with zero attached hydrogens (tertiary/aromatic N) is 1. The topological polar surface area (TPSA) is 24.5 Å². The molecule has 3 heteroatoms. The van der Waals surface area contributed by atoms with E-state index in [0.717, 1.165) is 31.9 Å². The Hall–Kier alpha value is -1.22. The lowest BCUT2D eigenvalue weighted by molar-refractivity contribution is 0.314. The molecule has 1 rings (SSSR count). The molecule has 0 fully saturated rings. The molecule has 0 radical (unpaired) electrons. The number of hydrogen-bond donors (Lipinski definition) is 1. The number of benzene rings is 1. The second kappa shape index (κ2) is 7.12. The fraction of sp³-hybridized carbons (Fsp3) is 0.538. The normalized spacial score (nSPS) is 10.2. The number of rotatable bonds is 7. The van der Waals surface area contributed by atoms with Crippen LogP contribution in [-0.2, 0) is 0 Å². The predicted molar refractivity (Wildman–Crippen MR) is 69.4 cm³/mol. The Morgan fingerprint density at radius 2 is 2.06 bits per heavy atom. The van der Waals surface area contributed by atoms with Gasteiger partial charge in [-0.2, -0.15) is 0 Å². The van der Waals surface area contributed by atoms with E-state index in [1.165, 1.54) is 5.69 Å². The van der Waals surface area contributed by atoms with Crippen LogP contribution in [-0.4, -0.2) is 33.8 Å². The average Bonchev–Trinajstić information content (AvgIpc) is 2.29. The van der Waals surface area contributed by atoms with Gasteiger partial charge in [0.15, 0.2) is 0 Å². The smallest absolute Gasteiger partial charge is 0.121 e. The zero-order valence-electron chi connectivity index (χ0n) is 10.5. The van der Waals surface area contributed by atoms with Gasteiger partial charge in [0.25, 0.3) is 0 Å². The van der Waals surface area contributed by atoms with Crippen molar-refractivity contribution in [3.05, 3.63) is 24.3 Å². The highest BCUT2D eigenvalue weighted by Gasteiger charge is 1.97. The molecule has 3 nitrogen and oxygen atoms in total.